The van der Waals surface area contributed by atoms with Gasteiger partial charge in [0, 0.05) is 0 Å². The first kappa shape index (κ1) is 8.85. The van der Waals surface area contributed by atoms with Gasteiger partial charge < -0.3 is 0 Å². The predicted molar refractivity (Wildman–Crippen MR) is 58.3 cm³/mol. The van der Waals surface area contributed by atoms with Gasteiger partial charge in [-0.05, 0) is 38.1 Å². The van der Waals surface area contributed by atoms with Crippen LogP contribution in [0.2, 0.25) is 0 Å². The zero-order valence-electron chi connectivity index (χ0n) is 8.63. The Balaban J connectivity index is 1.84. The zero-order valence-corrected chi connectivity index (χ0v) is 8.63. The molecule has 2 heterocycles. The van der Waals surface area contributed by atoms with Gasteiger partial charge in [-0.3, -0.25) is 4.90 Å². The van der Waals surface area contributed by atoms with Crippen molar-refractivity contribution in [1.82, 2.24) is 19.9 Å². The maximum Gasteiger partial charge on any atom is 0.113 e. The second kappa shape index (κ2) is 3.62. The molecule has 15 heavy (non-hydrogen) atoms. The minimum Gasteiger partial charge on any atom is -0.283 e. The molecule has 1 fully saturated rings. The minimum absolute atomic E-state index is 0.828. The number of fused-ring (bicyclic) bond motifs is 1. The first-order valence-corrected chi connectivity index (χ1v) is 5.44. The molecule has 0 bridgehead atoms. The van der Waals surface area contributed by atoms with Crippen molar-refractivity contribution >= 4 is 11.0 Å². The minimum atomic E-state index is 0.828. The highest BCUT2D eigenvalue weighted by atomic mass is 15.5. The molecule has 0 unspecified atom stereocenters. The first-order chi connectivity index (χ1) is 7.42. The molecular weight excluding hydrogens is 188 g/mol. The Bertz CT molecular complexity index is 423. The van der Waals surface area contributed by atoms with Gasteiger partial charge in [-0.2, -0.15) is 15.0 Å². The molecule has 78 valence electrons. The van der Waals surface area contributed by atoms with E-state index in [2.05, 4.69) is 15.1 Å². The standard InChI is InChI=1S/C11H14N4/c1-2-6-11-10(5-1)12-15(13-11)9-14-7-3-4-8-14/h1-2,5-6H,3-4,7-9H2. The Hall–Kier alpha value is -1.42. The smallest absolute Gasteiger partial charge is 0.113 e. The van der Waals surface area contributed by atoms with E-state index in [-0.39, 0.29) is 0 Å². The molecule has 3 rings (SSSR count). The van der Waals surface area contributed by atoms with Gasteiger partial charge in [-0.25, -0.2) is 0 Å². The van der Waals surface area contributed by atoms with E-state index in [1.54, 1.807) is 4.80 Å². The number of benzene rings is 1. The molecule has 1 aliphatic rings. The van der Waals surface area contributed by atoms with Crippen LogP contribution in [-0.2, 0) is 6.67 Å². The van der Waals surface area contributed by atoms with Gasteiger partial charge in [0.25, 0.3) is 0 Å². The maximum atomic E-state index is 4.44. The van der Waals surface area contributed by atoms with E-state index >= 15 is 0 Å². The van der Waals surface area contributed by atoms with E-state index < -0.39 is 0 Å². The third kappa shape index (κ3) is 1.72. The van der Waals surface area contributed by atoms with Crippen LogP contribution in [-0.4, -0.2) is 33.0 Å². The van der Waals surface area contributed by atoms with Crippen molar-refractivity contribution in [3.8, 4) is 0 Å². The first-order valence-electron chi connectivity index (χ1n) is 5.44. The Morgan fingerprint density at radius 2 is 1.60 bits per heavy atom. The Labute approximate surface area is 88.5 Å². The van der Waals surface area contributed by atoms with Crippen LogP contribution in [0.15, 0.2) is 24.3 Å². The van der Waals surface area contributed by atoms with Crippen molar-refractivity contribution in [3.05, 3.63) is 24.3 Å². The lowest BCUT2D eigenvalue weighted by Crippen LogP contribution is -2.24. The van der Waals surface area contributed by atoms with E-state index in [9.17, 15) is 0 Å². The second-order valence-corrected chi connectivity index (χ2v) is 4.03. The van der Waals surface area contributed by atoms with Gasteiger partial charge in [0.1, 0.15) is 17.7 Å². The van der Waals surface area contributed by atoms with Gasteiger partial charge in [0.05, 0.1) is 0 Å². The summed E-state index contributed by atoms with van der Waals surface area (Å²) in [7, 11) is 0. The number of hydrogen-bond acceptors (Lipinski definition) is 3. The van der Waals surface area contributed by atoms with Crippen molar-refractivity contribution in [2.45, 2.75) is 19.5 Å². The van der Waals surface area contributed by atoms with Crippen molar-refractivity contribution in [2.75, 3.05) is 13.1 Å². The Morgan fingerprint density at radius 3 is 2.20 bits per heavy atom. The molecule has 2 aromatic rings. The topological polar surface area (TPSA) is 34.0 Å². The lowest BCUT2D eigenvalue weighted by Gasteiger charge is -2.12. The summed E-state index contributed by atoms with van der Waals surface area (Å²) in [5.74, 6) is 0. The third-order valence-corrected chi connectivity index (χ3v) is 2.85. The monoisotopic (exact) mass is 202 g/mol. The molecular formula is C11H14N4. The molecule has 1 aromatic heterocycles. The van der Waals surface area contributed by atoms with Crippen LogP contribution in [0.4, 0.5) is 0 Å². The van der Waals surface area contributed by atoms with Crippen molar-refractivity contribution in [1.29, 1.82) is 0 Å². The SMILES string of the molecule is c1ccc2nn(CN3CCCC3)nc2c1. The highest BCUT2D eigenvalue weighted by molar-refractivity contribution is 5.72. The van der Waals surface area contributed by atoms with Gasteiger partial charge in [-0.1, -0.05) is 12.1 Å². The lowest BCUT2D eigenvalue weighted by atomic mass is 10.3. The van der Waals surface area contributed by atoms with E-state index in [1.807, 2.05) is 24.3 Å². The molecule has 0 atom stereocenters. The summed E-state index contributed by atoms with van der Waals surface area (Å²) in [5.41, 5.74) is 1.97. The fourth-order valence-electron chi connectivity index (χ4n) is 2.07. The molecule has 1 aliphatic heterocycles. The second-order valence-electron chi connectivity index (χ2n) is 4.03. The number of aromatic nitrogens is 3. The summed E-state index contributed by atoms with van der Waals surface area (Å²) in [5, 5.41) is 8.88. The molecule has 0 N–H and O–H groups in total. The molecule has 1 saturated heterocycles. The molecule has 0 radical (unpaired) electrons. The Kier molecular flexibility index (Phi) is 2.14. The quantitative estimate of drug-likeness (QED) is 0.739. The summed E-state index contributed by atoms with van der Waals surface area (Å²) in [6.07, 6.45) is 2.61. The van der Waals surface area contributed by atoms with Crippen LogP contribution in [0, 0.1) is 0 Å². The number of nitrogens with zero attached hydrogens (tertiary/aromatic N) is 4. The van der Waals surface area contributed by atoms with E-state index in [1.165, 1.54) is 25.9 Å². The highest BCUT2D eigenvalue weighted by Crippen LogP contribution is 2.10. The normalized spacial score (nSPS) is 17.6. The maximum absolute atomic E-state index is 4.44. The molecule has 0 amide bonds. The summed E-state index contributed by atoms with van der Waals surface area (Å²) in [6, 6.07) is 8.00. The van der Waals surface area contributed by atoms with Crippen LogP contribution in [0.25, 0.3) is 11.0 Å². The number of hydrogen-bond donors (Lipinski definition) is 0. The van der Waals surface area contributed by atoms with Crippen molar-refractivity contribution in [2.24, 2.45) is 0 Å². The fourth-order valence-corrected chi connectivity index (χ4v) is 2.07. The molecule has 0 spiro atoms. The number of rotatable bonds is 2. The van der Waals surface area contributed by atoms with E-state index in [0.29, 0.717) is 0 Å². The van der Waals surface area contributed by atoms with Crippen molar-refractivity contribution < 1.29 is 0 Å². The zero-order chi connectivity index (χ0) is 10.1. The largest absolute Gasteiger partial charge is 0.283 e. The van der Waals surface area contributed by atoms with Gasteiger partial charge in [0.2, 0.25) is 0 Å². The number of likely N-dealkylation sites (tertiary alicyclic amines) is 1. The van der Waals surface area contributed by atoms with E-state index in [0.717, 1.165) is 17.7 Å². The fraction of sp³-hybridized carbons (Fsp3) is 0.455. The van der Waals surface area contributed by atoms with E-state index in [4.69, 9.17) is 0 Å². The Morgan fingerprint density at radius 1 is 1.00 bits per heavy atom. The summed E-state index contributed by atoms with van der Waals surface area (Å²) in [4.78, 5) is 4.19. The average molecular weight is 202 g/mol. The molecule has 0 saturated carbocycles. The average Bonchev–Trinajstić information content (AvgIpc) is 2.86. The molecule has 1 aromatic carbocycles. The highest BCUT2D eigenvalue weighted by Gasteiger charge is 2.12. The summed E-state index contributed by atoms with van der Waals surface area (Å²) < 4.78 is 0. The van der Waals surface area contributed by atoms with Crippen LogP contribution >= 0.6 is 0 Å². The summed E-state index contributed by atoms with van der Waals surface area (Å²) in [6.45, 7) is 3.18. The van der Waals surface area contributed by atoms with Crippen LogP contribution in [0.3, 0.4) is 0 Å². The van der Waals surface area contributed by atoms with Crippen molar-refractivity contribution in [3.63, 3.8) is 0 Å². The van der Waals surface area contributed by atoms with Gasteiger partial charge in [0.15, 0.2) is 0 Å². The molecule has 4 heteroatoms. The molecule has 4 nitrogen and oxygen atoms in total. The van der Waals surface area contributed by atoms with Crippen LogP contribution in [0.1, 0.15) is 12.8 Å². The predicted octanol–water partition coefficient (Wildman–Crippen LogP) is 1.48. The summed E-state index contributed by atoms with van der Waals surface area (Å²) >= 11 is 0. The lowest BCUT2D eigenvalue weighted by molar-refractivity contribution is 0.239. The van der Waals surface area contributed by atoms with Gasteiger partial charge in [-0.15, -0.1) is 0 Å². The molecule has 0 aliphatic carbocycles. The van der Waals surface area contributed by atoms with Crippen LogP contribution in [0.5, 0.6) is 0 Å². The third-order valence-electron chi connectivity index (χ3n) is 2.85. The van der Waals surface area contributed by atoms with Gasteiger partial charge >= 0.3 is 0 Å². The van der Waals surface area contributed by atoms with Crippen LogP contribution < -0.4 is 0 Å².